The molecule has 7 nitrogen and oxygen atoms in total. The summed E-state index contributed by atoms with van der Waals surface area (Å²) >= 11 is 0. The van der Waals surface area contributed by atoms with Crippen LogP contribution in [0.5, 0.6) is 0 Å². The van der Waals surface area contributed by atoms with E-state index in [-0.39, 0.29) is 6.15 Å². The first-order valence-electron chi connectivity index (χ1n) is 18.0. The Bertz CT molecular complexity index is 480. The summed E-state index contributed by atoms with van der Waals surface area (Å²) in [6.45, 7) is 6.68. The molecule has 0 aromatic carbocycles. The summed E-state index contributed by atoms with van der Waals surface area (Å²) in [4.78, 5) is 30.6. The molecule has 0 aliphatic carbocycles. The van der Waals surface area contributed by atoms with Crippen LogP contribution in [0.3, 0.4) is 0 Å². The fourth-order valence-electron chi connectivity index (χ4n) is 4.76. The lowest BCUT2D eigenvalue weighted by molar-refractivity contribution is -0.138. The maximum absolute atomic E-state index is 10.2. The van der Waals surface area contributed by atoms with Gasteiger partial charge in [-0.05, 0) is 19.3 Å². The second-order valence-corrected chi connectivity index (χ2v) is 11.9. The average Bonchev–Trinajstić information content (AvgIpc) is 2.95. The lowest BCUT2D eigenvalue weighted by atomic mass is 10.1. The summed E-state index contributed by atoms with van der Waals surface area (Å²) < 4.78 is 0. The largest absolute Gasteiger partial charge is 0.481 e. The molecule has 0 aromatic heterocycles. The van der Waals surface area contributed by atoms with Crippen molar-refractivity contribution in [1.29, 1.82) is 0 Å². The SMILES string of the molecule is CCCCCCCCCCCC(=O)O.CCCCCCCCCCCC(=O)O.CCCCCCCCCCCC(=O)O.N. The summed E-state index contributed by atoms with van der Waals surface area (Å²) in [5.74, 6) is -1.98. The van der Waals surface area contributed by atoms with Gasteiger partial charge in [0, 0.05) is 19.3 Å². The Morgan fingerprint density at radius 2 is 0.442 bits per heavy atom. The van der Waals surface area contributed by atoms with Gasteiger partial charge in [0.2, 0.25) is 0 Å². The van der Waals surface area contributed by atoms with Gasteiger partial charge in [-0.2, -0.15) is 0 Å². The minimum Gasteiger partial charge on any atom is -0.481 e. The Morgan fingerprint density at radius 3 is 0.581 bits per heavy atom. The molecule has 0 rings (SSSR count). The van der Waals surface area contributed by atoms with E-state index in [0.717, 1.165) is 38.5 Å². The molecule has 0 fully saturated rings. The lowest BCUT2D eigenvalue weighted by Gasteiger charge is -2.00. The smallest absolute Gasteiger partial charge is 0.303 e. The Balaban J connectivity index is -0.000000262. The van der Waals surface area contributed by atoms with Crippen LogP contribution < -0.4 is 6.15 Å². The number of carboxylic acids is 3. The summed E-state index contributed by atoms with van der Waals surface area (Å²) in [5, 5.41) is 25.2. The van der Waals surface area contributed by atoms with Crippen LogP contribution in [0.4, 0.5) is 0 Å². The van der Waals surface area contributed by atoms with Crippen molar-refractivity contribution in [3.63, 3.8) is 0 Å². The molecule has 0 aromatic rings. The van der Waals surface area contributed by atoms with Crippen LogP contribution in [0.25, 0.3) is 0 Å². The van der Waals surface area contributed by atoms with E-state index in [0.29, 0.717) is 19.3 Å². The van der Waals surface area contributed by atoms with E-state index in [2.05, 4.69) is 20.8 Å². The van der Waals surface area contributed by atoms with Crippen LogP contribution in [0.1, 0.15) is 213 Å². The average molecular weight is 618 g/mol. The molecule has 0 radical (unpaired) electrons. The second kappa shape index (κ2) is 44.8. The summed E-state index contributed by atoms with van der Waals surface area (Å²) in [7, 11) is 0. The highest BCUT2D eigenvalue weighted by Crippen LogP contribution is 2.12. The van der Waals surface area contributed by atoms with Crippen molar-refractivity contribution in [2.75, 3.05) is 0 Å². The zero-order valence-electron chi connectivity index (χ0n) is 29.0. The molecule has 0 amide bonds. The third-order valence-electron chi connectivity index (χ3n) is 7.48. The molecule has 0 saturated carbocycles. The van der Waals surface area contributed by atoms with Gasteiger partial charge >= 0.3 is 17.9 Å². The minimum atomic E-state index is -0.659. The molecule has 260 valence electrons. The second-order valence-electron chi connectivity index (χ2n) is 11.9. The number of hydrogen-bond donors (Lipinski definition) is 4. The molecular formula is C36H75NO6. The predicted octanol–water partition coefficient (Wildman–Crippen LogP) is 12.1. The standard InChI is InChI=1S/3C12H24O2.H3N/c3*1-2-3-4-5-6-7-8-9-10-11-12(13)14;/h3*2-11H2,1H3,(H,13,14);1H3. The van der Waals surface area contributed by atoms with E-state index < -0.39 is 17.9 Å². The zero-order valence-corrected chi connectivity index (χ0v) is 29.0. The number of rotatable bonds is 30. The third-order valence-corrected chi connectivity index (χ3v) is 7.48. The zero-order chi connectivity index (χ0) is 31.9. The van der Waals surface area contributed by atoms with Gasteiger partial charge < -0.3 is 21.5 Å². The molecule has 0 bridgehead atoms. The molecule has 0 heterocycles. The Hall–Kier alpha value is -1.63. The fraction of sp³-hybridized carbons (Fsp3) is 0.917. The highest BCUT2D eigenvalue weighted by molar-refractivity contribution is 5.67. The first-order valence-corrected chi connectivity index (χ1v) is 18.0. The Labute approximate surface area is 267 Å². The van der Waals surface area contributed by atoms with E-state index in [1.54, 1.807) is 0 Å². The summed E-state index contributed by atoms with van der Waals surface area (Å²) in [6, 6.07) is 0. The number of unbranched alkanes of at least 4 members (excludes halogenated alkanes) is 24. The molecular weight excluding hydrogens is 542 g/mol. The van der Waals surface area contributed by atoms with Crippen LogP contribution >= 0.6 is 0 Å². The van der Waals surface area contributed by atoms with Crippen LogP contribution in [0.2, 0.25) is 0 Å². The third kappa shape index (κ3) is 60.4. The Kier molecular flexibility index (Phi) is 50.3. The predicted molar refractivity (Wildman–Crippen MR) is 183 cm³/mol. The minimum absolute atomic E-state index is 0. The van der Waals surface area contributed by atoms with Gasteiger partial charge in [0.25, 0.3) is 0 Å². The summed E-state index contributed by atoms with van der Waals surface area (Å²) in [5.41, 5.74) is 0. The monoisotopic (exact) mass is 618 g/mol. The van der Waals surface area contributed by atoms with Crippen molar-refractivity contribution in [2.45, 2.75) is 213 Å². The fourth-order valence-corrected chi connectivity index (χ4v) is 4.76. The topological polar surface area (TPSA) is 147 Å². The maximum Gasteiger partial charge on any atom is 0.303 e. The van der Waals surface area contributed by atoms with E-state index in [4.69, 9.17) is 15.3 Å². The molecule has 43 heavy (non-hydrogen) atoms. The van der Waals surface area contributed by atoms with Gasteiger partial charge in [-0.15, -0.1) is 0 Å². The van der Waals surface area contributed by atoms with Crippen LogP contribution in [-0.4, -0.2) is 33.2 Å². The van der Waals surface area contributed by atoms with E-state index >= 15 is 0 Å². The molecule has 0 atom stereocenters. The van der Waals surface area contributed by atoms with Gasteiger partial charge in [0.1, 0.15) is 0 Å². The van der Waals surface area contributed by atoms with E-state index in [1.807, 2.05) is 0 Å². The van der Waals surface area contributed by atoms with Gasteiger partial charge in [-0.25, -0.2) is 0 Å². The van der Waals surface area contributed by atoms with E-state index in [1.165, 1.54) is 135 Å². The van der Waals surface area contributed by atoms with Crippen molar-refractivity contribution in [1.82, 2.24) is 6.15 Å². The molecule has 0 spiro atoms. The van der Waals surface area contributed by atoms with Gasteiger partial charge in [0.15, 0.2) is 0 Å². The number of carboxylic acid groups (broad SMARTS) is 3. The van der Waals surface area contributed by atoms with Crippen molar-refractivity contribution in [2.24, 2.45) is 0 Å². The van der Waals surface area contributed by atoms with Crippen molar-refractivity contribution in [3.8, 4) is 0 Å². The summed E-state index contributed by atoms with van der Waals surface area (Å²) in [6.07, 6.45) is 34.4. The maximum atomic E-state index is 10.2. The highest BCUT2D eigenvalue weighted by atomic mass is 16.4. The molecule has 0 aliphatic rings. The molecule has 6 N–H and O–H groups in total. The van der Waals surface area contributed by atoms with Crippen LogP contribution in [0, 0.1) is 0 Å². The van der Waals surface area contributed by atoms with Gasteiger partial charge in [0.05, 0.1) is 0 Å². The number of hydrogen-bond acceptors (Lipinski definition) is 4. The van der Waals surface area contributed by atoms with E-state index in [9.17, 15) is 14.4 Å². The molecule has 0 saturated heterocycles. The Morgan fingerprint density at radius 1 is 0.302 bits per heavy atom. The van der Waals surface area contributed by atoms with Gasteiger partial charge in [-0.3, -0.25) is 14.4 Å². The first kappa shape index (κ1) is 48.3. The van der Waals surface area contributed by atoms with Crippen molar-refractivity contribution < 1.29 is 29.7 Å². The lowest BCUT2D eigenvalue weighted by Crippen LogP contribution is -1.93. The van der Waals surface area contributed by atoms with Gasteiger partial charge in [-0.1, -0.05) is 175 Å². The van der Waals surface area contributed by atoms with Crippen molar-refractivity contribution in [3.05, 3.63) is 0 Å². The molecule has 0 unspecified atom stereocenters. The van der Waals surface area contributed by atoms with Crippen LogP contribution in [0.15, 0.2) is 0 Å². The first-order chi connectivity index (χ1) is 20.3. The molecule has 0 aliphatic heterocycles. The number of carbonyl (C=O) groups is 3. The molecule has 7 heteroatoms. The van der Waals surface area contributed by atoms with Crippen molar-refractivity contribution >= 4 is 17.9 Å². The normalized spacial score (nSPS) is 10.1. The van der Waals surface area contributed by atoms with Crippen LogP contribution in [-0.2, 0) is 14.4 Å². The number of aliphatic carboxylic acids is 3. The highest BCUT2D eigenvalue weighted by Gasteiger charge is 1.98. The quantitative estimate of drug-likeness (QED) is 0.0586.